The number of anilines is 1. The summed E-state index contributed by atoms with van der Waals surface area (Å²) in [4.78, 5) is 6.88. The van der Waals surface area contributed by atoms with E-state index in [1.54, 1.807) is 0 Å². The smallest absolute Gasteiger partial charge is 0.245 e. The Morgan fingerprint density at radius 2 is 2.00 bits per heavy atom. The normalized spacial score (nSPS) is 31.9. The zero-order chi connectivity index (χ0) is 12.0. The topological polar surface area (TPSA) is 53.9 Å². The minimum atomic E-state index is 0.513. The lowest BCUT2D eigenvalue weighted by molar-refractivity contribution is 0.470. The zero-order valence-electron chi connectivity index (χ0n) is 10.6. The van der Waals surface area contributed by atoms with Gasteiger partial charge in [0.25, 0.3) is 0 Å². The monoisotopic (exact) mass is 233 g/mol. The third-order valence-electron chi connectivity index (χ3n) is 4.27. The minimum absolute atomic E-state index is 0.513. The van der Waals surface area contributed by atoms with Crippen LogP contribution in [0, 0.1) is 25.7 Å². The number of fused-ring (bicyclic) bond motifs is 1. The van der Waals surface area contributed by atoms with Gasteiger partial charge >= 0.3 is 0 Å². The molecule has 0 amide bonds. The van der Waals surface area contributed by atoms with Gasteiger partial charge in [0.1, 0.15) is 0 Å². The lowest BCUT2D eigenvalue weighted by Crippen LogP contribution is -2.34. The molecule has 3 rings (SSSR count). The van der Waals surface area contributed by atoms with Crippen LogP contribution in [0.5, 0.6) is 0 Å². The molecular weight excluding hydrogens is 214 g/mol. The Hall–Kier alpha value is -1.23. The molecule has 0 saturated carbocycles. The molecule has 0 bridgehead atoms. The van der Waals surface area contributed by atoms with Crippen LogP contribution in [0.3, 0.4) is 0 Å². The van der Waals surface area contributed by atoms with Crippen molar-refractivity contribution in [2.75, 3.05) is 24.5 Å². The van der Waals surface area contributed by atoms with E-state index in [-0.39, 0.29) is 0 Å². The SMILES string of the molecule is Cc1nnc(N2CC3CNCC3C2C)nc1C. The summed E-state index contributed by atoms with van der Waals surface area (Å²) in [5, 5.41) is 11.9. The van der Waals surface area contributed by atoms with Gasteiger partial charge in [0.05, 0.1) is 11.4 Å². The van der Waals surface area contributed by atoms with Crippen LogP contribution >= 0.6 is 0 Å². The molecule has 3 atom stereocenters. The molecule has 2 aliphatic rings. The van der Waals surface area contributed by atoms with Crippen molar-refractivity contribution in [2.24, 2.45) is 11.8 Å². The van der Waals surface area contributed by atoms with Crippen molar-refractivity contribution in [3.8, 4) is 0 Å². The average Bonchev–Trinajstić information content (AvgIpc) is 2.86. The van der Waals surface area contributed by atoms with Gasteiger partial charge in [-0.15, -0.1) is 5.10 Å². The second kappa shape index (κ2) is 3.91. The van der Waals surface area contributed by atoms with Gasteiger partial charge in [-0.3, -0.25) is 0 Å². The van der Waals surface area contributed by atoms with E-state index in [0.717, 1.165) is 48.8 Å². The summed E-state index contributed by atoms with van der Waals surface area (Å²) in [5.41, 5.74) is 1.90. The van der Waals surface area contributed by atoms with E-state index in [2.05, 4.69) is 32.3 Å². The summed E-state index contributed by atoms with van der Waals surface area (Å²) in [6.45, 7) is 9.53. The van der Waals surface area contributed by atoms with Crippen LogP contribution in [0.25, 0.3) is 0 Å². The number of aryl methyl sites for hydroxylation is 2. The van der Waals surface area contributed by atoms with E-state index in [0.29, 0.717) is 6.04 Å². The van der Waals surface area contributed by atoms with Crippen molar-refractivity contribution in [3.05, 3.63) is 11.4 Å². The Morgan fingerprint density at radius 3 is 2.71 bits per heavy atom. The Balaban J connectivity index is 1.87. The van der Waals surface area contributed by atoms with Gasteiger partial charge in [0.15, 0.2) is 0 Å². The third-order valence-corrected chi connectivity index (χ3v) is 4.27. The number of rotatable bonds is 1. The van der Waals surface area contributed by atoms with Crippen molar-refractivity contribution < 1.29 is 0 Å². The predicted octanol–water partition coefficient (Wildman–Crippen LogP) is 0.533. The summed E-state index contributed by atoms with van der Waals surface area (Å²) in [6, 6.07) is 0.513. The van der Waals surface area contributed by atoms with Gasteiger partial charge in [-0.25, -0.2) is 4.98 Å². The van der Waals surface area contributed by atoms with Crippen LogP contribution in [-0.2, 0) is 0 Å². The van der Waals surface area contributed by atoms with Gasteiger partial charge < -0.3 is 10.2 Å². The highest BCUT2D eigenvalue weighted by atomic mass is 15.4. The van der Waals surface area contributed by atoms with E-state index < -0.39 is 0 Å². The fourth-order valence-corrected chi connectivity index (χ4v) is 3.00. The Morgan fingerprint density at radius 1 is 1.18 bits per heavy atom. The van der Waals surface area contributed by atoms with Crippen LogP contribution < -0.4 is 10.2 Å². The lowest BCUT2D eigenvalue weighted by atomic mass is 9.95. The maximum Gasteiger partial charge on any atom is 0.245 e. The second-order valence-corrected chi connectivity index (χ2v) is 5.26. The summed E-state index contributed by atoms with van der Waals surface area (Å²) in [7, 11) is 0. The molecule has 3 heterocycles. The van der Waals surface area contributed by atoms with Crippen LogP contribution in [-0.4, -0.2) is 40.9 Å². The molecule has 1 aromatic heterocycles. The number of nitrogens with one attached hydrogen (secondary N) is 1. The quantitative estimate of drug-likeness (QED) is 0.767. The highest BCUT2D eigenvalue weighted by molar-refractivity contribution is 5.35. The molecule has 5 nitrogen and oxygen atoms in total. The highest BCUT2D eigenvalue weighted by Gasteiger charge is 2.42. The fraction of sp³-hybridized carbons (Fsp3) is 0.750. The third kappa shape index (κ3) is 1.69. The highest BCUT2D eigenvalue weighted by Crippen LogP contribution is 2.34. The zero-order valence-corrected chi connectivity index (χ0v) is 10.6. The van der Waals surface area contributed by atoms with E-state index >= 15 is 0 Å². The largest absolute Gasteiger partial charge is 0.336 e. The van der Waals surface area contributed by atoms with Crippen LogP contribution in [0.15, 0.2) is 0 Å². The van der Waals surface area contributed by atoms with E-state index in [4.69, 9.17) is 0 Å². The van der Waals surface area contributed by atoms with Gasteiger partial charge in [-0.2, -0.15) is 5.10 Å². The molecule has 92 valence electrons. The summed E-state index contributed by atoms with van der Waals surface area (Å²) >= 11 is 0. The Bertz CT molecular complexity index is 433. The molecule has 2 aliphatic heterocycles. The van der Waals surface area contributed by atoms with E-state index in [1.165, 1.54) is 0 Å². The Kier molecular flexibility index (Phi) is 2.50. The molecule has 0 aromatic carbocycles. The number of nitrogens with zero attached hydrogens (tertiary/aromatic N) is 4. The van der Waals surface area contributed by atoms with Crippen molar-refractivity contribution in [1.29, 1.82) is 0 Å². The standard InChI is InChI=1S/C12H19N5/c1-7-8(2)15-16-12(14-7)17-6-10-4-13-5-11(10)9(17)3/h9-11,13H,4-6H2,1-3H3. The van der Waals surface area contributed by atoms with Crippen molar-refractivity contribution in [3.63, 3.8) is 0 Å². The van der Waals surface area contributed by atoms with Crippen LogP contribution in [0.1, 0.15) is 18.3 Å². The molecule has 17 heavy (non-hydrogen) atoms. The molecule has 1 aromatic rings. The van der Waals surface area contributed by atoms with Crippen molar-refractivity contribution in [1.82, 2.24) is 20.5 Å². The Labute approximate surface area is 102 Å². The van der Waals surface area contributed by atoms with Gasteiger partial charge in [0, 0.05) is 25.7 Å². The molecule has 2 saturated heterocycles. The van der Waals surface area contributed by atoms with Crippen molar-refractivity contribution >= 4 is 5.95 Å². The number of hydrogen-bond donors (Lipinski definition) is 1. The van der Waals surface area contributed by atoms with Gasteiger partial charge in [0.2, 0.25) is 5.95 Å². The first-order chi connectivity index (χ1) is 8.16. The molecule has 1 N–H and O–H groups in total. The lowest BCUT2D eigenvalue weighted by Gasteiger charge is -2.24. The molecule has 2 fully saturated rings. The minimum Gasteiger partial charge on any atom is -0.336 e. The van der Waals surface area contributed by atoms with Crippen LogP contribution in [0.4, 0.5) is 5.95 Å². The number of hydrogen-bond acceptors (Lipinski definition) is 5. The van der Waals surface area contributed by atoms with Crippen molar-refractivity contribution in [2.45, 2.75) is 26.8 Å². The molecule has 0 spiro atoms. The van der Waals surface area contributed by atoms with Gasteiger partial charge in [-0.1, -0.05) is 0 Å². The summed E-state index contributed by atoms with van der Waals surface area (Å²) in [5.74, 6) is 2.28. The predicted molar refractivity (Wildman–Crippen MR) is 66.0 cm³/mol. The summed E-state index contributed by atoms with van der Waals surface area (Å²) < 4.78 is 0. The average molecular weight is 233 g/mol. The van der Waals surface area contributed by atoms with E-state index in [9.17, 15) is 0 Å². The maximum atomic E-state index is 4.56. The molecular formula is C12H19N5. The molecule has 3 unspecified atom stereocenters. The first-order valence-corrected chi connectivity index (χ1v) is 6.32. The van der Waals surface area contributed by atoms with Gasteiger partial charge in [-0.05, 0) is 32.6 Å². The number of aromatic nitrogens is 3. The van der Waals surface area contributed by atoms with Crippen LogP contribution in [0.2, 0.25) is 0 Å². The first-order valence-electron chi connectivity index (χ1n) is 6.32. The maximum absolute atomic E-state index is 4.56. The molecule has 0 aliphatic carbocycles. The first kappa shape index (κ1) is 10.9. The molecule has 0 radical (unpaired) electrons. The molecule has 5 heteroatoms. The second-order valence-electron chi connectivity index (χ2n) is 5.26. The fourth-order valence-electron chi connectivity index (χ4n) is 3.00. The van der Waals surface area contributed by atoms with E-state index in [1.807, 2.05) is 13.8 Å². The summed E-state index contributed by atoms with van der Waals surface area (Å²) in [6.07, 6.45) is 0.